The Morgan fingerprint density at radius 1 is 1.45 bits per heavy atom. The molecule has 0 bridgehead atoms. The molecule has 1 aliphatic rings. The molecule has 1 aliphatic heterocycles. The molecule has 2 heterocycles. The second kappa shape index (κ2) is 7.09. The average Bonchev–Trinajstić information content (AvgIpc) is 2.99. The molecule has 1 unspecified atom stereocenters. The molecular weight excluding hydrogens is 252 g/mol. The summed E-state index contributed by atoms with van der Waals surface area (Å²) >= 11 is 0. The van der Waals surface area contributed by atoms with E-state index >= 15 is 0 Å². The summed E-state index contributed by atoms with van der Waals surface area (Å²) in [7, 11) is 3.79. The predicted molar refractivity (Wildman–Crippen MR) is 82.1 cm³/mol. The van der Waals surface area contributed by atoms with Crippen LogP contribution in [0.1, 0.15) is 31.0 Å². The maximum Gasteiger partial charge on any atom is 0.131 e. The number of aromatic nitrogens is 2. The highest BCUT2D eigenvalue weighted by atomic mass is 16.5. The van der Waals surface area contributed by atoms with Gasteiger partial charge in [-0.25, -0.2) is 0 Å². The normalized spacial score (nSPS) is 19.0. The highest BCUT2D eigenvalue weighted by Gasteiger charge is 2.26. The summed E-state index contributed by atoms with van der Waals surface area (Å²) in [4.78, 5) is 2.50. The molecule has 1 saturated heterocycles. The minimum Gasteiger partial charge on any atom is -0.383 e. The van der Waals surface area contributed by atoms with Gasteiger partial charge in [0.1, 0.15) is 5.82 Å². The van der Waals surface area contributed by atoms with Gasteiger partial charge in [-0.3, -0.25) is 4.68 Å². The number of methoxy groups -OCH3 is 1. The molecule has 5 heteroatoms. The lowest BCUT2D eigenvalue weighted by Gasteiger charge is -2.20. The standard InChI is InChI=1S/C15H28N4O/c1-5-13-6-8-19(11-13)15-14(10-16-7-9-20-4)12(2)17-18(15)3/h13,16H,5-11H2,1-4H3. The molecule has 0 aromatic carbocycles. The van der Waals surface area contributed by atoms with Crippen molar-refractivity contribution in [3.63, 3.8) is 0 Å². The Morgan fingerprint density at radius 2 is 2.25 bits per heavy atom. The van der Waals surface area contributed by atoms with Gasteiger partial charge in [0, 0.05) is 45.9 Å². The Balaban J connectivity index is 2.07. The lowest BCUT2D eigenvalue weighted by molar-refractivity contribution is 0.199. The number of nitrogens with one attached hydrogen (secondary N) is 1. The summed E-state index contributed by atoms with van der Waals surface area (Å²) in [6.07, 6.45) is 2.58. The van der Waals surface area contributed by atoms with Crippen LogP contribution in [0.15, 0.2) is 0 Å². The van der Waals surface area contributed by atoms with E-state index in [9.17, 15) is 0 Å². The Morgan fingerprint density at radius 3 is 2.90 bits per heavy atom. The van der Waals surface area contributed by atoms with Crippen molar-refractivity contribution < 1.29 is 4.74 Å². The second-order valence-corrected chi connectivity index (χ2v) is 5.69. The van der Waals surface area contributed by atoms with Gasteiger partial charge in [0.15, 0.2) is 0 Å². The average molecular weight is 280 g/mol. The molecule has 0 amide bonds. The number of anilines is 1. The van der Waals surface area contributed by atoms with E-state index < -0.39 is 0 Å². The molecule has 1 aromatic rings. The number of rotatable bonds is 7. The van der Waals surface area contributed by atoms with Crippen molar-refractivity contribution in [2.75, 3.05) is 38.3 Å². The first-order valence-corrected chi connectivity index (χ1v) is 7.64. The predicted octanol–water partition coefficient (Wildman–Crippen LogP) is 1.70. The molecule has 0 saturated carbocycles. The van der Waals surface area contributed by atoms with Gasteiger partial charge in [-0.2, -0.15) is 5.10 Å². The molecule has 1 N–H and O–H groups in total. The lowest BCUT2D eigenvalue weighted by atomic mass is 10.1. The Kier molecular flexibility index (Phi) is 5.43. The minimum absolute atomic E-state index is 0.746. The molecule has 20 heavy (non-hydrogen) atoms. The number of hydrogen-bond acceptors (Lipinski definition) is 4. The van der Waals surface area contributed by atoms with Crippen LogP contribution < -0.4 is 10.2 Å². The van der Waals surface area contributed by atoms with E-state index in [0.717, 1.165) is 37.9 Å². The van der Waals surface area contributed by atoms with Crippen LogP contribution in [0.2, 0.25) is 0 Å². The molecular formula is C15H28N4O. The second-order valence-electron chi connectivity index (χ2n) is 5.69. The van der Waals surface area contributed by atoms with Crippen molar-refractivity contribution in [1.82, 2.24) is 15.1 Å². The largest absolute Gasteiger partial charge is 0.383 e. The summed E-state index contributed by atoms with van der Waals surface area (Å²) in [5, 5.41) is 8.05. The van der Waals surface area contributed by atoms with E-state index in [1.807, 2.05) is 4.68 Å². The van der Waals surface area contributed by atoms with E-state index in [0.29, 0.717) is 0 Å². The van der Waals surface area contributed by atoms with E-state index in [-0.39, 0.29) is 0 Å². The van der Waals surface area contributed by atoms with Crippen LogP contribution in [-0.2, 0) is 18.3 Å². The van der Waals surface area contributed by atoms with E-state index in [1.165, 1.54) is 30.8 Å². The zero-order chi connectivity index (χ0) is 14.5. The zero-order valence-corrected chi connectivity index (χ0v) is 13.3. The fourth-order valence-corrected chi connectivity index (χ4v) is 3.04. The summed E-state index contributed by atoms with van der Waals surface area (Å²) in [6, 6.07) is 0. The quantitative estimate of drug-likeness (QED) is 0.772. The molecule has 1 aromatic heterocycles. The first-order valence-electron chi connectivity index (χ1n) is 7.64. The van der Waals surface area contributed by atoms with Gasteiger partial charge in [-0.05, 0) is 19.3 Å². The Labute approximate surface area is 122 Å². The molecule has 1 fully saturated rings. The molecule has 5 nitrogen and oxygen atoms in total. The third-order valence-electron chi connectivity index (χ3n) is 4.26. The van der Waals surface area contributed by atoms with Crippen molar-refractivity contribution in [3.8, 4) is 0 Å². The third kappa shape index (κ3) is 3.33. The number of hydrogen-bond donors (Lipinski definition) is 1. The maximum absolute atomic E-state index is 5.08. The first-order chi connectivity index (χ1) is 9.67. The number of ether oxygens (including phenoxy) is 1. The van der Waals surface area contributed by atoms with Gasteiger partial charge in [-0.15, -0.1) is 0 Å². The fourth-order valence-electron chi connectivity index (χ4n) is 3.04. The monoisotopic (exact) mass is 280 g/mol. The Hall–Kier alpha value is -1.07. The topological polar surface area (TPSA) is 42.3 Å². The Bertz CT molecular complexity index is 430. The van der Waals surface area contributed by atoms with Crippen LogP contribution in [0.5, 0.6) is 0 Å². The van der Waals surface area contributed by atoms with Gasteiger partial charge in [0.2, 0.25) is 0 Å². The lowest BCUT2D eigenvalue weighted by Crippen LogP contribution is -2.25. The summed E-state index contributed by atoms with van der Waals surface area (Å²) < 4.78 is 7.12. The summed E-state index contributed by atoms with van der Waals surface area (Å²) in [5.41, 5.74) is 2.47. The highest BCUT2D eigenvalue weighted by molar-refractivity contribution is 5.51. The van der Waals surface area contributed by atoms with Crippen LogP contribution in [0, 0.1) is 12.8 Å². The molecule has 1 atom stereocenters. The minimum atomic E-state index is 0.746. The fraction of sp³-hybridized carbons (Fsp3) is 0.800. The van der Waals surface area contributed by atoms with Crippen LogP contribution in [-0.4, -0.2) is 43.1 Å². The van der Waals surface area contributed by atoms with Gasteiger partial charge in [0.25, 0.3) is 0 Å². The van der Waals surface area contributed by atoms with Crippen LogP contribution >= 0.6 is 0 Å². The van der Waals surface area contributed by atoms with E-state index in [4.69, 9.17) is 4.74 Å². The SMILES string of the molecule is CCC1CCN(c2c(CNCCOC)c(C)nn2C)C1. The van der Waals surface area contributed by atoms with Gasteiger partial charge < -0.3 is 15.0 Å². The molecule has 0 spiro atoms. The van der Waals surface area contributed by atoms with E-state index in [1.54, 1.807) is 7.11 Å². The smallest absolute Gasteiger partial charge is 0.131 e. The summed E-state index contributed by atoms with van der Waals surface area (Å²) in [5.74, 6) is 2.13. The summed E-state index contributed by atoms with van der Waals surface area (Å²) in [6.45, 7) is 9.20. The van der Waals surface area contributed by atoms with Crippen LogP contribution in [0.4, 0.5) is 5.82 Å². The van der Waals surface area contributed by atoms with Crippen molar-refractivity contribution in [3.05, 3.63) is 11.3 Å². The molecule has 0 radical (unpaired) electrons. The molecule has 114 valence electrons. The van der Waals surface area contributed by atoms with E-state index in [2.05, 4.69) is 36.2 Å². The van der Waals surface area contributed by atoms with Crippen LogP contribution in [0.25, 0.3) is 0 Å². The maximum atomic E-state index is 5.08. The van der Waals surface area contributed by atoms with Crippen molar-refractivity contribution >= 4 is 5.82 Å². The van der Waals surface area contributed by atoms with Gasteiger partial charge in [0.05, 0.1) is 12.3 Å². The van der Waals surface area contributed by atoms with Crippen molar-refractivity contribution in [2.45, 2.75) is 33.2 Å². The third-order valence-corrected chi connectivity index (χ3v) is 4.26. The molecule has 2 rings (SSSR count). The first kappa shape index (κ1) is 15.3. The van der Waals surface area contributed by atoms with Gasteiger partial charge >= 0.3 is 0 Å². The highest BCUT2D eigenvalue weighted by Crippen LogP contribution is 2.29. The number of aryl methyl sites for hydroxylation is 2. The van der Waals surface area contributed by atoms with Crippen LogP contribution in [0.3, 0.4) is 0 Å². The van der Waals surface area contributed by atoms with Crippen molar-refractivity contribution in [1.29, 1.82) is 0 Å². The molecule has 0 aliphatic carbocycles. The number of nitrogens with zero attached hydrogens (tertiary/aromatic N) is 3. The zero-order valence-electron chi connectivity index (χ0n) is 13.3. The van der Waals surface area contributed by atoms with Crippen molar-refractivity contribution in [2.24, 2.45) is 13.0 Å². The van der Waals surface area contributed by atoms with Gasteiger partial charge in [-0.1, -0.05) is 13.3 Å².